The molecule has 2 N–H and O–H groups in total. The van der Waals surface area contributed by atoms with Gasteiger partial charge in [-0.15, -0.1) is 0 Å². The average Bonchev–Trinajstić information content (AvgIpc) is 2.88. The van der Waals surface area contributed by atoms with Gasteiger partial charge >= 0.3 is 12.1 Å². The van der Waals surface area contributed by atoms with Crippen LogP contribution in [0.2, 0.25) is 5.02 Å². The zero-order valence-electron chi connectivity index (χ0n) is 12.7. The summed E-state index contributed by atoms with van der Waals surface area (Å²) in [6.45, 7) is 5.23. The van der Waals surface area contributed by atoms with Crippen molar-refractivity contribution in [3.05, 3.63) is 35.0 Å². The molecule has 23 heavy (non-hydrogen) atoms. The van der Waals surface area contributed by atoms with Crippen LogP contribution in [0.3, 0.4) is 0 Å². The van der Waals surface area contributed by atoms with E-state index in [2.05, 4.69) is 10.5 Å². The average molecular weight is 339 g/mol. The maximum Gasteiger partial charge on any atom is 0.412 e. The number of ether oxygens (including phenoxy) is 1. The summed E-state index contributed by atoms with van der Waals surface area (Å²) in [7, 11) is 0. The quantitative estimate of drug-likeness (QED) is 0.875. The van der Waals surface area contributed by atoms with Crippen molar-refractivity contribution in [2.24, 2.45) is 0 Å². The number of nitrogens with one attached hydrogen (secondary N) is 1. The molecule has 2 aromatic rings. The number of aromatic carboxylic acids is 1. The molecule has 0 unspecified atom stereocenters. The Morgan fingerprint density at radius 3 is 2.61 bits per heavy atom. The number of nitrogens with zero attached hydrogens (tertiary/aromatic N) is 1. The maximum absolute atomic E-state index is 11.7. The van der Waals surface area contributed by atoms with Gasteiger partial charge in [0.25, 0.3) is 0 Å². The molecule has 0 bridgehead atoms. The van der Waals surface area contributed by atoms with E-state index < -0.39 is 17.7 Å². The fourth-order valence-corrected chi connectivity index (χ4v) is 2.00. The van der Waals surface area contributed by atoms with Gasteiger partial charge in [-0.05, 0) is 39.0 Å². The number of hydrogen-bond acceptors (Lipinski definition) is 5. The van der Waals surface area contributed by atoms with E-state index in [1.165, 1.54) is 12.1 Å². The fourth-order valence-electron chi connectivity index (χ4n) is 1.77. The van der Waals surface area contributed by atoms with Crippen LogP contribution in [0.1, 0.15) is 31.1 Å². The summed E-state index contributed by atoms with van der Waals surface area (Å²) < 4.78 is 10.1. The second-order valence-corrected chi connectivity index (χ2v) is 6.10. The van der Waals surface area contributed by atoms with Gasteiger partial charge in [0, 0.05) is 5.56 Å². The van der Waals surface area contributed by atoms with Crippen molar-refractivity contribution in [3.8, 4) is 11.3 Å². The molecule has 1 heterocycles. The van der Waals surface area contributed by atoms with Crippen LogP contribution in [0.5, 0.6) is 0 Å². The molecule has 8 heteroatoms. The molecule has 0 radical (unpaired) electrons. The number of halogens is 1. The highest BCUT2D eigenvalue weighted by molar-refractivity contribution is 6.34. The molecule has 0 atom stereocenters. The fraction of sp³-hybridized carbons (Fsp3) is 0.267. The van der Waals surface area contributed by atoms with Crippen molar-refractivity contribution in [2.45, 2.75) is 26.4 Å². The van der Waals surface area contributed by atoms with E-state index in [0.29, 0.717) is 11.3 Å². The summed E-state index contributed by atoms with van der Waals surface area (Å²) in [6.07, 6.45) is 0.469. The van der Waals surface area contributed by atoms with E-state index in [9.17, 15) is 9.59 Å². The lowest BCUT2D eigenvalue weighted by Crippen LogP contribution is -2.27. The van der Waals surface area contributed by atoms with Crippen LogP contribution in [0.4, 0.5) is 10.5 Å². The lowest BCUT2D eigenvalue weighted by molar-refractivity contribution is 0.0634. The number of carboxylic acids is 1. The van der Waals surface area contributed by atoms with Crippen molar-refractivity contribution in [3.63, 3.8) is 0 Å². The van der Waals surface area contributed by atoms with Gasteiger partial charge in [0.15, 0.2) is 5.76 Å². The Labute approximate surface area is 137 Å². The normalized spacial score (nSPS) is 11.1. The van der Waals surface area contributed by atoms with Crippen LogP contribution >= 0.6 is 11.6 Å². The first-order valence-electron chi connectivity index (χ1n) is 6.65. The first kappa shape index (κ1) is 16.8. The van der Waals surface area contributed by atoms with Crippen LogP contribution in [0, 0.1) is 0 Å². The second-order valence-electron chi connectivity index (χ2n) is 5.70. The monoisotopic (exact) mass is 338 g/mol. The highest BCUT2D eigenvalue weighted by atomic mass is 35.5. The zero-order valence-corrected chi connectivity index (χ0v) is 13.5. The number of rotatable bonds is 3. The van der Waals surface area contributed by atoms with E-state index in [1.807, 2.05) is 0 Å². The first-order valence-corrected chi connectivity index (χ1v) is 7.03. The van der Waals surface area contributed by atoms with E-state index in [-0.39, 0.29) is 16.3 Å². The molecule has 0 aliphatic heterocycles. The number of amides is 1. The number of hydrogen-bond donors (Lipinski definition) is 2. The summed E-state index contributed by atoms with van der Waals surface area (Å²) in [6, 6.07) is 4.56. The molecular weight excluding hydrogens is 324 g/mol. The Bertz CT molecular complexity index is 749. The van der Waals surface area contributed by atoms with E-state index in [4.69, 9.17) is 26.0 Å². The van der Waals surface area contributed by atoms with Gasteiger partial charge in [0.1, 0.15) is 11.2 Å². The third-order valence-corrected chi connectivity index (χ3v) is 2.98. The van der Waals surface area contributed by atoms with Crippen molar-refractivity contribution in [2.75, 3.05) is 5.32 Å². The Hall–Kier alpha value is -2.54. The lowest BCUT2D eigenvalue weighted by atomic mass is 10.1. The molecule has 1 aromatic heterocycles. The molecule has 0 fully saturated rings. The van der Waals surface area contributed by atoms with Gasteiger partial charge in [-0.2, -0.15) is 0 Å². The molecule has 0 saturated carbocycles. The Balaban J connectivity index is 2.23. The van der Waals surface area contributed by atoms with Crippen molar-refractivity contribution in [1.29, 1.82) is 0 Å². The van der Waals surface area contributed by atoms with Crippen molar-refractivity contribution < 1.29 is 24.0 Å². The zero-order chi connectivity index (χ0) is 17.2. The molecule has 1 aromatic carbocycles. The number of carboxylic acid groups (broad SMARTS) is 1. The number of carbonyl (C=O) groups is 2. The third-order valence-electron chi connectivity index (χ3n) is 2.67. The Morgan fingerprint density at radius 1 is 1.35 bits per heavy atom. The molecule has 1 amide bonds. The third kappa shape index (κ3) is 4.23. The summed E-state index contributed by atoms with van der Waals surface area (Å²) in [5.74, 6) is -1.07. The van der Waals surface area contributed by atoms with Crippen molar-refractivity contribution >= 4 is 29.4 Å². The molecule has 122 valence electrons. The number of anilines is 1. The van der Waals surface area contributed by atoms with E-state index in [0.717, 1.165) is 6.20 Å². The molecule has 2 rings (SSSR count). The van der Waals surface area contributed by atoms with Gasteiger partial charge in [-0.3, -0.25) is 5.32 Å². The summed E-state index contributed by atoms with van der Waals surface area (Å²) >= 11 is 6.11. The molecule has 0 aliphatic carbocycles. The first-order chi connectivity index (χ1) is 10.7. The Morgan fingerprint density at radius 2 is 2.04 bits per heavy atom. The molecule has 0 saturated heterocycles. The number of aromatic nitrogens is 1. The second kappa shape index (κ2) is 6.29. The van der Waals surface area contributed by atoms with Crippen LogP contribution in [0.15, 0.2) is 28.9 Å². The minimum Gasteiger partial charge on any atom is -0.477 e. The molecule has 0 aliphatic rings. The minimum absolute atomic E-state index is 0.0751. The van der Waals surface area contributed by atoms with Crippen LogP contribution in [-0.2, 0) is 4.74 Å². The topological polar surface area (TPSA) is 102 Å². The molecular formula is C15H15ClN2O5. The van der Waals surface area contributed by atoms with Gasteiger partial charge in [-0.25, -0.2) is 9.59 Å². The minimum atomic E-state index is -1.16. The number of carbonyl (C=O) groups excluding carboxylic acids is 1. The Kier molecular flexibility index (Phi) is 4.60. The van der Waals surface area contributed by atoms with Crippen LogP contribution in [-0.4, -0.2) is 27.9 Å². The molecule has 7 nitrogen and oxygen atoms in total. The van der Waals surface area contributed by atoms with Gasteiger partial charge in [0.05, 0.1) is 16.9 Å². The van der Waals surface area contributed by atoms with Crippen LogP contribution < -0.4 is 5.32 Å². The summed E-state index contributed by atoms with van der Waals surface area (Å²) in [5, 5.41) is 15.3. The van der Waals surface area contributed by atoms with Crippen LogP contribution in [0.25, 0.3) is 11.3 Å². The van der Waals surface area contributed by atoms with Crippen molar-refractivity contribution in [1.82, 2.24) is 5.16 Å². The number of benzene rings is 1. The largest absolute Gasteiger partial charge is 0.477 e. The smallest absolute Gasteiger partial charge is 0.412 e. The maximum atomic E-state index is 11.7. The SMILES string of the molecule is CC(C)(C)OC(=O)Nc1ccc(-c2oncc2C(=O)O)cc1Cl. The predicted octanol–water partition coefficient (Wildman–Crippen LogP) is 4.04. The molecule has 0 spiro atoms. The predicted molar refractivity (Wildman–Crippen MR) is 83.8 cm³/mol. The lowest BCUT2D eigenvalue weighted by Gasteiger charge is -2.20. The summed E-state index contributed by atoms with van der Waals surface area (Å²) in [4.78, 5) is 22.8. The highest BCUT2D eigenvalue weighted by Crippen LogP contribution is 2.31. The van der Waals surface area contributed by atoms with E-state index in [1.54, 1.807) is 26.8 Å². The van der Waals surface area contributed by atoms with E-state index >= 15 is 0 Å². The van der Waals surface area contributed by atoms with Gasteiger partial charge < -0.3 is 14.4 Å². The van der Waals surface area contributed by atoms with Gasteiger partial charge in [-0.1, -0.05) is 16.8 Å². The van der Waals surface area contributed by atoms with Gasteiger partial charge in [0.2, 0.25) is 0 Å². The standard InChI is InChI=1S/C15H15ClN2O5/c1-15(2,3)22-14(21)18-11-5-4-8(6-10(11)16)12-9(13(19)20)7-17-23-12/h4-7H,1-3H3,(H,18,21)(H,19,20). The highest BCUT2D eigenvalue weighted by Gasteiger charge is 2.19. The summed E-state index contributed by atoms with van der Waals surface area (Å²) in [5.41, 5.74) is 0.0572.